The molecule has 0 radical (unpaired) electrons. The Hall–Kier alpha value is -3.20. The van der Waals surface area contributed by atoms with Crippen LogP contribution in [0.5, 0.6) is 11.5 Å². The van der Waals surface area contributed by atoms with E-state index in [1.807, 2.05) is 6.07 Å². The fourth-order valence-corrected chi connectivity index (χ4v) is 2.22. The summed E-state index contributed by atoms with van der Waals surface area (Å²) in [7, 11) is 3.12. The molecule has 9 nitrogen and oxygen atoms in total. The van der Waals surface area contributed by atoms with E-state index in [0.717, 1.165) is 18.0 Å². The van der Waals surface area contributed by atoms with Crippen molar-refractivity contribution >= 4 is 11.9 Å². The Labute approximate surface area is 156 Å². The monoisotopic (exact) mass is 375 g/mol. The summed E-state index contributed by atoms with van der Waals surface area (Å²) >= 11 is 0. The number of carboxylic acid groups (broad SMARTS) is 1. The van der Waals surface area contributed by atoms with E-state index in [1.54, 1.807) is 26.2 Å². The Morgan fingerprint density at radius 3 is 2.41 bits per heavy atom. The van der Waals surface area contributed by atoms with Gasteiger partial charge in [0.25, 0.3) is 5.91 Å². The number of carbonyl (C=O) groups excluding carboxylic acids is 1. The number of carboxylic acids is 1. The SMILES string of the molecule is COCCOc1ccc(C(C)NC(=O)c2cnc(C(=O)O)cn2)cc1OC. The summed E-state index contributed by atoms with van der Waals surface area (Å²) in [6, 6.07) is 5.00. The van der Waals surface area contributed by atoms with Gasteiger partial charge >= 0.3 is 5.97 Å². The molecule has 2 rings (SSSR count). The number of rotatable bonds is 9. The fourth-order valence-electron chi connectivity index (χ4n) is 2.22. The second kappa shape index (κ2) is 9.48. The summed E-state index contributed by atoms with van der Waals surface area (Å²) in [6.45, 7) is 2.65. The van der Waals surface area contributed by atoms with Gasteiger partial charge in [-0.25, -0.2) is 14.8 Å². The van der Waals surface area contributed by atoms with Crippen LogP contribution in [0.2, 0.25) is 0 Å². The first-order valence-corrected chi connectivity index (χ1v) is 8.12. The highest BCUT2D eigenvalue weighted by Gasteiger charge is 2.16. The van der Waals surface area contributed by atoms with Crippen LogP contribution in [0.25, 0.3) is 0 Å². The summed E-state index contributed by atoms with van der Waals surface area (Å²) in [6.07, 6.45) is 2.16. The Balaban J connectivity index is 2.06. The largest absolute Gasteiger partial charge is 0.493 e. The first kappa shape index (κ1) is 20.1. The van der Waals surface area contributed by atoms with Crippen molar-refractivity contribution < 1.29 is 28.9 Å². The van der Waals surface area contributed by atoms with Crippen molar-refractivity contribution in [3.05, 3.63) is 47.5 Å². The van der Waals surface area contributed by atoms with Crippen molar-refractivity contribution in [3.8, 4) is 11.5 Å². The van der Waals surface area contributed by atoms with Gasteiger partial charge < -0.3 is 24.6 Å². The first-order valence-electron chi connectivity index (χ1n) is 8.12. The number of carbonyl (C=O) groups is 2. The van der Waals surface area contributed by atoms with E-state index >= 15 is 0 Å². The molecule has 2 aromatic rings. The number of amides is 1. The first-order chi connectivity index (χ1) is 13.0. The van der Waals surface area contributed by atoms with E-state index in [0.29, 0.717) is 24.7 Å². The zero-order valence-electron chi connectivity index (χ0n) is 15.3. The summed E-state index contributed by atoms with van der Waals surface area (Å²) in [5.41, 5.74) is 0.598. The number of methoxy groups -OCH3 is 2. The van der Waals surface area contributed by atoms with Crippen LogP contribution >= 0.6 is 0 Å². The molecule has 0 spiro atoms. The smallest absolute Gasteiger partial charge is 0.356 e. The van der Waals surface area contributed by atoms with Crippen LogP contribution in [-0.4, -0.2) is 54.4 Å². The lowest BCUT2D eigenvalue weighted by molar-refractivity contribution is 0.0689. The summed E-state index contributed by atoms with van der Waals surface area (Å²) in [5.74, 6) is -0.559. The fraction of sp³-hybridized carbons (Fsp3) is 0.333. The highest BCUT2D eigenvalue weighted by molar-refractivity contribution is 5.93. The molecule has 1 aromatic carbocycles. The van der Waals surface area contributed by atoms with Gasteiger partial charge in [0.2, 0.25) is 0 Å². The van der Waals surface area contributed by atoms with E-state index in [9.17, 15) is 9.59 Å². The molecule has 1 unspecified atom stereocenters. The third-order valence-electron chi connectivity index (χ3n) is 3.68. The van der Waals surface area contributed by atoms with E-state index < -0.39 is 11.9 Å². The number of nitrogens with one attached hydrogen (secondary N) is 1. The standard InChI is InChI=1S/C18H21N3O6/c1-11(21-17(22)13-9-20-14(10-19-13)18(23)24)12-4-5-15(16(8-12)26-3)27-7-6-25-2/h4-5,8-11H,6-7H2,1-3H3,(H,21,22)(H,23,24). The maximum atomic E-state index is 12.3. The number of hydrogen-bond donors (Lipinski definition) is 2. The molecule has 0 saturated heterocycles. The lowest BCUT2D eigenvalue weighted by Gasteiger charge is -2.17. The maximum Gasteiger partial charge on any atom is 0.356 e. The van der Waals surface area contributed by atoms with Gasteiger partial charge in [0.15, 0.2) is 17.2 Å². The molecule has 1 atom stereocenters. The van der Waals surface area contributed by atoms with Crippen molar-refractivity contribution in [1.82, 2.24) is 15.3 Å². The number of ether oxygens (including phenoxy) is 3. The minimum absolute atomic E-state index is 0.0262. The molecule has 0 aliphatic heterocycles. The molecular formula is C18H21N3O6. The van der Waals surface area contributed by atoms with Crippen LogP contribution in [0, 0.1) is 0 Å². The third kappa shape index (κ3) is 5.38. The summed E-state index contributed by atoms with van der Waals surface area (Å²) in [5, 5.41) is 11.6. The van der Waals surface area contributed by atoms with E-state index in [2.05, 4.69) is 15.3 Å². The van der Waals surface area contributed by atoms with Crippen LogP contribution < -0.4 is 14.8 Å². The van der Waals surface area contributed by atoms with Crippen LogP contribution in [0.3, 0.4) is 0 Å². The van der Waals surface area contributed by atoms with E-state index in [-0.39, 0.29) is 17.4 Å². The van der Waals surface area contributed by atoms with Gasteiger partial charge in [0, 0.05) is 7.11 Å². The van der Waals surface area contributed by atoms with Gasteiger partial charge in [-0.1, -0.05) is 6.07 Å². The van der Waals surface area contributed by atoms with Crippen molar-refractivity contribution in [2.75, 3.05) is 27.4 Å². The molecule has 1 aromatic heterocycles. The molecule has 0 aliphatic rings. The average molecular weight is 375 g/mol. The third-order valence-corrected chi connectivity index (χ3v) is 3.68. The molecule has 0 saturated carbocycles. The van der Waals surface area contributed by atoms with Gasteiger partial charge in [-0.05, 0) is 24.6 Å². The van der Waals surface area contributed by atoms with Crippen LogP contribution in [-0.2, 0) is 4.74 Å². The number of nitrogens with zero attached hydrogens (tertiary/aromatic N) is 2. The molecule has 144 valence electrons. The van der Waals surface area contributed by atoms with Gasteiger partial charge in [0.1, 0.15) is 12.3 Å². The molecule has 0 fully saturated rings. The summed E-state index contributed by atoms with van der Waals surface area (Å²) < 4.78 is 15.9. The van der Waals surface area contributed by atoms with Gasteiger partial charge in [0.05, 0.1) is 32.2 Å². The Bertz CT molecular complexity index is 794. The zero-order valence-corrected chi connectivity index (χ0v) is 15.3. The van der Waals surface area contributed by atoms with Gasteiger partial charge in [-0.2, -0.15) is 0 Å². The van der Waals surface area contributed by atoms with Crippen LogP contribution in [0.4, 0.5) is 0 Å². The number of aromatic carboxylic acids is 1. The van der Waals surface area contributed by atoms with Crippen LogP contribution in [0.15, 0.2) is 30.6 Å². The van der Waals surface area contributed by atoms with Gasteiger partial charge in [-0.15, -0.1) is 0 Å². The number of hydrogen-bond acceptors (Lipinski definition) is 7. The second-order valence-corrected chi connectivity index (χ2v) is 5.54. The van der Waals surface area contributed by atoms with Crippen molar-refractivity contribution in [2.24, 2.45) is 0 Å². The quantitative estimate of drug-likeness (QED) is 0.636. The number of aromatic nitrogens is 2. The average Bonchev–Trinajstić information content (AvgIpc) is 2.68. The molecule has 1 heterocycles. The van der Waals surface area contributed by atoms with Crippen molar-refractivity contribution in [2.45, 2.75) is 13.0 Å². The minimum Gasteiger partial charge on any atom is -0.493 e. The lowest BCUT2D eigenvalue weighted by Crippen LogP contribution is -2.27. The van der Waals surface area contributed by atoms with E-state index in [1.165, 1.54) is 7.11 Å². The highest BCUT2D eigenvalue weighted by atomic mass is 16.5. The topological polar surface area (TPSA) is 120 Å². The molecule has 2 N–H and O–H groups in total. The van der Waals surface area contributed by atoms with Crippen LogP contribution in [0.1, 0.15) is 39.5 Å². The Kier molecular flexibility index (Phi) is 7.07. The van der Waals surface area contributed by atoms with Crippen molar-refractivity contribution in [3.63, 3.8) is 0 Å². The number of benzene rings is 1. The minimum atomic E-state index is -1.21. The summed E-state index contributed by atoms with van der Waals surface area (Å²) in [4.78, 5) is 30.6. The Morgan fingerprint density at radius 2 is 1.81 bits per heavy atom. The second-order valence-electron chi connectivity index (χ2n) is 5.54. The zero-order chi connectivity index (χ0) is 19.8. The maximum absolute atomic E-state index is 12.3. The molecule has 27 heavy (non-hydrogen) atoms. The highest BCUT2D eigenvalue weighted by Crippen LogP contribution is 2.30. The Morgan fingerprint density at radius 1 is 1.11 bits per heavy atom. The molecule has 1 amide bonds. The normalized spacial score (nSPS) is 11.5. The molecule has 9 heteroatoms. The van der Waals surface area contributed by atoms with Crippen molar-refractivity contribution in [1.29, 1.82) is 0 Å². The molecule has 0 bridgehead atoms. The predicted octanol–water partition coefficient (Wildman–Crippen LogP) is 1.70. The lowest BCUT2D eigenvalue weighted by atomic mass is 10.1. The van der Waals surface area contributed by atoms with Gasteiger partial charge in [-0.3, -0.25) is 4.79 Å². The molecule has 0 aliphatic carbocycles. The predicted molar refractivity (Wildman–Crippen MR) is 95.2 cm³/mol. The molecular weight excluding hydrogens is 354 g/mol. The van der Waals surface area contributed by atoms with E-state index in [4.69, 9.17) is 19.3 Å².